The van der Waals surface area contributed by atoms with E-state index in [-0.39, 0.29) is 10.6 Å². The van der Waals surface area contributed by atoms with E-state index >= 15 is 0 Å². The number of hydrogen-bond donors (Lipinski definition) is 1. The molecule has 1 aromatic carbocycles. The van der Waals surface area contributed by atoms with Crippen LogP contribution in [0.4, 0.5) is 10.1 Å². The Morgan fingerprint density at radius 1 is 1.45 bits per heavy atom. The molecule has 0 atom stereocenters. The van der Waals surface area contributed by atoms with Crippen LogP contribution in [0.25, 0.3) is 0 Å². The van der Waals surface area contributed by atoms with Crippen molar-refractivity contribution in [1.82, 2.24) is 4.31 Å². The average Bonchev–Trinajstić information content (AvgIpc) is 3.17. The smallest absolute Gasteiger partial charge is 0.246 e. The van der Waals surface area contributed by atoms with Crippen molar-refractivity contribution in [1.29, 1.82) is 0 Å². The zero-order chi connectivity index (χ0) is 14.9. The van der Waals surface area contributed by atoms with E-state index < -0.39 is 15.8 Å². The molecule has 0 heterocycles. The molecule has 7 heteroatoms. The SMILES string of the molecule is CCCN(CC1CC1)S(=O)(=O)c1cc(N)c(Br)cc1F. The van der Waals surface area contributed by atoms with E-state index in [2.05, 4.69) is 15.9 Å². The number of nitrogen functional groups attached to an aromatic ring is 1. The highest BCUT2D eigenvalue weighted by Gasteiger charge is 2.33. The van der Waals surface area contributed by atoms with Gasteiger partial charge in [-0.25, -0.2) is 12.8 Å². The first-order chi connectivity index (χ1) is 9.36. The van der Waals surface area contributed by atoms with E-state index in [4.69, 9.17) is 5.73 Å². The molecule has 0 aliphatic heterocycles. The van der Waals surface area contributed by atoms with Gasteiger partial charge in [-0.2, -0.15) is 4.31 Å². The molecule has 1 fully saturated rings. The Bertz CT molecular complexity index is 603. The van der Waals surface area contributed by atoms with Crippen molar-refractivity contribution in [2.75, 3.05) is 18.8 Å². The lowest BCUT2D eigenvalue weighted by molar-refractivity contribution is 0.393. The van der Waals surface area contributed by atoms with Gasteiger partial charge in [0, 0.05) is 23.2 Å². The summed E-state index contributed by atoms with van der Waals surface area (Å²) in [6.45, 7) is 2.77. The molecule has 0 bridgehead atoms. The number of sulfonamides is 1. The van der Waals surface area contributed by atoms with Gasteiger partial charge in [-0.15, -0.1) is 0 Å². The Morgan fingerprint density at radius 3 is 2.65 bits per heavy atom. The molecule has 1 aliphatic carbocycles. The Labute approximate surface area is 127 Å². The third-order valence-corrected chi connectivity index (χ3v) is 5.87. The second-order valence-corrected chi connectivity index (χ2v) is 7.87. The molecule has 0 unspecified atom stereocenters. The Hall–Kier alpha value is -0.660. The summed E-state index contributed by atoms with van der Waals surface area (Å²) in [4.78, 5) is -0.340. The van der Waals surface area contributed by atoms with Crippen LogP contribution in [-0.2, 0) is 10.0 Å². The van der Waals surface area contributed by atoms with Gasteiger partial charge in [0.15, 0.2) is 0 Å². The summed E-state index contributed by atoms with van der Waals surface area (Å²) in [6.07, 6.45) is 2.78. The minimum absolute atomic E-state index is 0.216. The van der Waals surface area contributed by atoms with E-state index in [1.807, 2.05) is 6.92 Å². The predicted molar refractivity (Wildman–Crippen MR) is 80.3 cm³/mol. The molecule has 0 aromatic heterocycles. The van der Waals surface area contributed by atoms with Crippen molar-refractivity contribution >= 4 is 31.6 Å². The molecule has 0 amide bonds. The molecule has 0 spiro atoms. The Morgan fingerprint density at radius 2 is 2.10 bits per heavy atom. The van der Waals surface area contributed by atoms with Gasteiger partial charge < -0.3 is 5.73 Å². The van der Waals surface area contributed by atoms with Gasteiger partial charge in [-0.1, -0.05) is 6.92 Å². The van der Waals surface area contributed by atoms with Crippen LogP contribution < -0.4 is 5.73 Å². The lowest BCUT2D eigenvalue weighted by Crippen LogP contribution is -2.34. The molecule has 1 aliphatic rings. The summed E-state index contributed by atoms with van der Waals surface area (Å²) in [7, 11) is -3.83. The maximum Gasteiger partial charge on any atom is 0.246 e. The van der Waals surface area contributed by atoms with E-state index in [1.54, 1.807) is 0 Å². The van der Waals surface area contributed by atoms with E-state index in [0.717, 1.165) is 18.9 Å². The van der Waals surface area contributed by atoms with E-state index in [1.165, 1.54) is 10.4 Å². The van der Waals surface area contributed by atoms with Gasteiger partial charge in [0.1, 0.15) is 10.7 Å². The average molecular weight is 365 g/mol. The number of hydrogen-bond acceptors (Lipinski definition) is 3. The quantitative estimate of drug-likeness (QED) is 0.789. The standard InChI is InChI=1S/C13H18BrFN2O2S/c1-2-5-17(8-9-3-4-9)20(18,19)13-7-12(16)10(14)6-11(13)15/h6-7,9H,2-5,8,16H2,1H3. The first-order valence-corrected chi connectivity index (χ1v) is 8.84. The van der Waals surface area contributed by atoms with Crippen LogP contribution >= 0.6 is 15.9 Å². The van der Waals surface area contributed by atoms with Crippen molar-refractivity contribution < 1.29 is 12.8 Å². The molecule has 0 saturated heterocycles. The normalized spacial score (nSPS) is 15.8. The summed E-state index contributed by atoms with van der Waals surface area (Å²) in [6, 6.07) is 2.29. The molecular weight excluding hydrogens is 347 g/mol. The first kappa shape index (κ1) is 15.7. The van der Waals surface area contributed by atoms with Crippen molar-refractivity contribution in [3.63, 3.8) is 0 Å². The van der Waals surface area contributed by atoms with Crippen LogP contribution in [-0.4, -0.2) is 25.8 Å². The molecule has 2 rings (SSSR count). The maximum atomic E-state index is 14.0. The van der Waals surface area contributed by atoms with Crippen LogP contribution in [0.3, 0.4) is 0 Å². The number of rotatable bonds is 6. The lowest BCUT2D eigenvalue weighted by Gasteiger charge is -2.22. The van der Waals surface area contributed by atoms with Crippen LogP contribution in [0, 0.1) is 11.7 Å². The molecule has 4 nitrogen and oxygen atoms in total. The second-order valence-electron chi connectivity index (χ2n) is 5.11. The lowest BCUT2D eigenvalue weighted by atomic mass is 10.3. The van der Waals surface area contributed by atoms with Crippen LogP contribution in [0.1, 0.15) is 26.2 Å². The maximum absolute atomic E-state index is 14.0. The first-order valence-electron chi connectivity index (χ1n) is 6.61. The predicted octanol–water partition coefficient (Wildman–Crippen LogP) is 2.98. The van der Waals surface area contributed by atoms with Crippen LogP contribution in [0.2, 0.25) is 0 Å². The minimum Gasteiger partial charge on any atom is -0.398 e. The number of nitrogens with two attached hydrogens (primary N) is 1. The number of nitrogens with zero attached hydrogens (tertiary/aromatic N) is 1. The summed E-state index contributed by atoms with van der Waals surface area (Å²) in [5.74, 6) is -0.366. The fourth-order valence-corrected chi connectivity index (χ4v) is 4.03. The summed E-state index contributed by atoms with van der Waals surface area (Å²) >= 11 is 3.09. The van der Waals surface area contributed by atoms with Crippen molar-refractivity contribution in [2.24, 2.45) is 5.92 Å². The topological polar surface area (TPSA) is 63.4 Å². The highest BCUT2D eigenvalue weighted by Crippen LogP contribution is 2.33. The molecule has 0 radical (unpaired) electrons. The van der Waals surface area contributed by atoms with Crippen LogP contribution in [0.15, 0.2) is 21.5 Å². The monoisotopic (exact) mass is 364 g/mol. The molecule has 2 N–H and O–H groups in total. The van der Waals surface area contributed by atoms with Crippen molar-refractivity contribution in [3.8, 4) is 0 Å². The fourth-order valence-electron chi connectivity index (χ4n) is 2.03. The minimum atomic E-state index is -3.83. The molecular formula is C13H18BrFN2O2S. The summed E-state index contributed by atoms with van der Waals surface area (Å²) in [5.41, 5.74) is 5.89. The number of halogens is 2. The fraction of sp³-hybridized carbons (Fsp3) is 0.538. The number of benzene rings is 1. The molecule has 112 valence electrons. The second kappa shape index (κ2) is 5.99. The van der Waals surface area contributed by atoms with Gasteiger partial charge in [0.05, 0.1) is 0 Å². The largest absolute Gasteiger partial charge is 0.398 e. The van der Waals surface area contributed by atoms with Gasteiger partial charge in [-0.3, -0.25) is 0 Å². The van der Waals surface area contributed by atoms with Crippen LogP contribution in [0.5, 0.6) is 0 Å². The van der Waals surface area contributed by atoms with Crippen molar-refractivity contribution in [3.05, 3.63) is 22.4 Å². The zero-order valence-electron chi connectivity index (χ0n) is 11.3. The highest BCUT2D eigenvalue weighted by atomic mass is 79.9. The van der Waals surface area contributed by atoms with E-state index in [9.17, 15) is 12.8 Å². The molecule has 1 saturated carbocycles. The Kier molecular flexibility index (Phi) is 4.71. The molecule has 20 heavy (non-hydrogen) atoms. The van der Waals surface area contributed by atoms with Gasteiger partial charge >= 0.3 is 0 Å². The van der Waals surface area contributed by atoms with Gasteiger partial charge in [-0.05, 0) is 53.2 Å². The van der Waals surface area contributed by atoms with Crippen molar-refractivity contribution in [2.45, 2.75) is 31.1 Å². The number of anilines is 1. The highest BCUT2D eigenvalue weighted by molar-refractivity contribution is 9.10. The summed E-state index contributed by atoms with van der Waals surface area (Å²) < 4.78 is 40.9. The van der Waals surface area contributed by atoms with Gasteiger partial charge in [0.25, 0.3) is 0 Å². The zero-order valence-corrected chi connectivity index (χ0v) is 13.7. The Balaban J connectivity index is 2.38. The third kappa shape index (κ3) is 3.32. The summed E-state index contributed by atoms with van der Waals surface area (Å²) in [5, 5.41) is 0. The third-order valence-electron chi connectivity index (χ3n) is 3.30. The van der Waals surface area contributed by atoms with E-state index in [0.29, 0.717) is 29.9 Å². The molecule has 1 aromatic rings. The van der Waals surface area contributed by atoms with Gasteiger partial charge in [0.2, 0.25) is 10.0 Å².